The van der Waals surface area contributed by atoms with Crippen LogP contribution in [0.1, 0.15) is 27.7 Å². The van der Waals surface area contributed by atoms with Crippen LogP contribution in [-0.2, 0) is 11.3 Å². The molecule has 8 heteroatoms. The van der Waals surface area contributed by atoms with Gasteiger partial charge in [-0.05, 0) is 17.3 Å². The number of aromatic nitrogens is 3. The van der Waals surface area contributed by atoms with Gasteiger partial charge in [0.05, 0.1) is 0 Å². The van der Waals surface area contributed by atoms with E-state index in [1.165, 1.54) is 11.0 Å². The first kappa shape index (κ1) is 15.1. The van der Waals surface area contributed by atoms with Gasteiger partial charge < -0.3 is 15.0 Å². The summed E-state index contributed by atoms with van der Waals surface area (Å²) < 4.78 is 1.17. The zero-order valence-electron chi connectivity index (χ0n) is 11.8. The van der Waals surface area contributed by atoms with Crippen molar-refractivity contribution >= 4 is 11.9 Å². The molecular weight excluding hydrogens is 250 g/mol. The zero-order chi connectivity index (χ0) is 14.8. The molecule has 106 valence electrons. The molecule has 0 bridgehead atoms. The molecule has 0 spiro atoms. The van der Waals surface area contributed by atoms with Gasteiger partial charge in [-0.2, -0.15) is 4.68 Å². The SMILES string of the molecule is CC(N(C)C(=O)Cn1cnc([N+](=O)[O-])n1)C(C)(C)C. The van der Waals surface area contributed by atoms with E-state index in [9.17, 15) is 14.9 Å². The van der Waals surface area contributed by atoms with Gasteiger partial charge in [0.15, 0.2) is 0 Å². The minimum atomic E-state index is -0.692. The largest absolute Gasteiger partial charge is 0.490 e. The maximum atomic E-state index is 12.0. The fraction of sp³-hybridized carbons (Fsp3) is 0.727. The Morgan fingerprint density at radius 2 is 2.16 bits per heavy atom. The molecule has 0 aromatic carbocycles. The van der Waals surface area contributed by atoms with E-state index in [0.29, 0.717) is 0 Å². The van der Waals surface area contributed by atoms with E-state index in [1.54, 1.807) is 11.9 Å². The lowest BCUT2D eigenvalue weighted by molar-refractivity contribution is -0.394. The number of nitro groups is 1. The Morgan fingerprint density at radius 3 is 2.58 bits per heavy atom. The monoisotopic (exact) mass is 269 g/mol. The van der Waals surface area contributed by atoms with Crippen molar-refractivity contribution in [1.82, 2.24) is 19.7 Å². The number of carbonyl (C=O) groups excluding carboxylic acids is 1. The molecule has 1 atom stereocenters. The van der Waals surface area contributed by atoms with Gasteiger partial charge >= 0.3 is 5.95 Å². The highest BCUT2D eigenvalue weighted by molar-refractivity contribution is 5.76. The number of hydrogen-bond acceptors (Lipinski definition) is 5. The van der Waals surface area contributed by atoms with Crippen molar-refractivity contribution in [2.24, 2.45) is 5.41 Å². The first-order valence-electron chi connectivity index (χ1n) is 5.92. The predicted molar refractivity (Wildman–Crippen MR) is 68.4 cm³/mol. The van der Waals surface area contributed by atoms with Crippen LogP contribution in [0.5, 0.6) is 0 Å². The molecule has 1 heterocycles. The Balaban J connectivity index is 2.71. The molecule has 1 amide bonds. The first-order valence-corrected chi connectivity index (χ1v) is 5.92. The summed E-state index contributed by atoms with van der Waals surface area (Å²) in [7, 11) is 1.71. The minimum Gasteiger partial charge on any atom is -0.390 e. The van der Waals surface area contributed by atoms with Gasteiger partial charge in [-0.1, -0.05) is 25.8 Å². The molecule has 1 unspecified atom stereocenters. The highest BCUT2D eigenvalue weighted by Gasteiger charge is 2.27. The molecule has 1 aromatic heterocycles. The van der Waals surface area contributed by atoms with E-state index in [2.05, 4.69) is 10.1 Å². The Kier molecular flexibility index (Phi) is 4.23. The van der Waals surface area contributed by atoms with Gasteiger partial charge in [0.1, 0.15) is 6.54 Å². The quantitative estimate of drug-likeness (QED) is 0.602. The molecule has 1 rings (SSSR count). The number of hydrogen-bond donors (Lipinski definition) is 0. The first-order chi connectivity index (χ1) is 8.62. The second-order valence-corrected chi connectivity index (χ2v) is 5.55. The molecule has 0 fully saturated rings. The normalized spacial score (nSPS) is 13.1. The summed E-state index contributed by atoms with van der Waals surface area (Å²) in [6.07, 6.45) is 1.19. The lowest BCUT2D eigenvalue weighted by Crippen LogP contribution is -2.44. The van der Waals surface area contributed by atoms with Crippen LogP contribution in [-0.4, -0.2) is 43.6 Å². The van der Waals surface area contributed by atoms with Crippen LogP contribution in [0.15, 0.2) is 6.33 Å². The van der Waals surface area contributed by atoms with Gasteiger partial charge in [-0.15, -0.1) is 0 Å². The van der Waals surface area contributed by atoms with Gasteiger partial charge in [0.25, 0.3) is 0 Å². The number of likely N-dealkylation sites (N-methyl/N-ethyl adjacent to an activating group) is 1. The van der Waals surface area contributed by atoms with E-state index in [1.807, 2.05) is 27.7 Å². The molecule has 0 radical (unpaired) electrons. The van der Waals surface area contributed by atoms with Crippen molar-refractivity contribution in [3.63, 3.8) is 0 Å². The maximum Gasteiger partial charge on any atom is 0.490 e. The van der Waals surface area contributed by atoms with Crippen molar-refractivity contribution in [3.05, 3.63) is 16.4 Å². The number of amides is 1. The average Bonchev–Trinajstić information content (AvgIpc) is 2.74. The maximum absolute atomic E-state index is 12.0. The third kappa shape index (κ3) is 3.73. The number of rotatable bonds is 4. The summed E-state index contributed by atoms with van der Waals surface area (Å²) >= 11 is 0. The van der Waals surface area contributed by atoms with Crippen molar-refractivity contribution in [2.45, 2.75) is 40.3 Å². The van der Waals surface area contributed by atoms with Crippen LogP contribution in [0.4, 0.5) is 5.95 Å². The van der Waals surface area contributed by atoms with Crippen molar-refractivity contribution in [3.8, 4) is 0 Å². The zero-order valence-corrected chi connectivity index (χ0v) is 11.8. The molecule has 0 saturated carbocycles. The van der Waals surface area contributed by atoms with Crippen LogP contribution in [0.25, 0.3) is 0 Å². The van der Waals surface area contributed by atoms with Crippen LogP contribution in [0, 0.1) is 15.5 Å². The summed E-state index contributed by atoms with van der Waals surface area (Å²) in [5, 5.41) is 14.1. The van der Waals surface area contributed by atoms with Gasteiger partial charge in [-0.25, -0.2) is 0 Å². The topological polar surface area (TPSA) is 94.2 Å². The van der Waals surface area contributed by atoms with Crippen LogP contribution in [0.2, 0.25) is 0 Å². The van der Waals surface area contributed by atoms with E-state index < -0.39 is 10.9 Å². The highest BCUT2D eigenvalue weighted by atomic mass is 16.6. The van der Waals surface area contributed by atoms with Crippen molar-refractivity contribution < 1.29 is 9.72 Å². The predicted octanol–water partition coefficient (Wildman–Crippen LogP) is 1.08. The third-order valence-electron chi connectivity index (χ3n) is 3.21. The van der Waals surface area contributed by atoms with E-state index >= 15 is 0 Å². The van der Waals surface area contributed by atoms with Crippen molar-refractivity contribution in [1.29, 1.82) is 0 Å². The molecule has 0 aliphatic rings. The Morgan fingerprint density at radius 1 is 1.58 bits per heavy atom. The molecule has 1 aromatic rings. The molecule has 0 N–H and O–H groups in total. The van der Waals surface area contributed by atoms with E-state index in [4.69, 9.17) is 0 Å². The highest BCUT2D eigenvalue weighted by Crippen LogP contribution is 2.23. The summed E-state index contributed by atoms with van der Waals surface area (Å²) in [5.74, 6) is -0.665. The lowest BCUT2D eigenvalue weighted by Gasteiger charge is -2.35. The number of nitrogens with zero attached hydrogens (tertiary/aromatic N) is 5. The fourth-order valence-corrected chi connectivity index (χ4v) is 1.49. The van der Waals surface area contributed by atoms with Crippen molar-refractivity contribution in [2.75, 3.05) is 7.05 Å². The smallest absolute Gasteiger partial charge is 0.390 e. The van der Waals surface area contributed by atoms with Crippen LogP contribution >= 0.6 is 0 Å². The van der Waals surface area contributed by atoms with Crippen LogP contribution in [0.3, 0.4) is 0 Å². The summed E-state index contributed by atoms with van der Waals surface area (Å²) in [6, 6.07) is 0.0403. The second kappa shape index (κ2) is 5.33. The Hall–Kier alpha value is -1.99. The minimum absolute atomic E-state index is 0.0403. The molecule has 0 aliphatic heterocycles. The molecule has 0 aliphatic carbocycles. The van der Waals surface area contributed by atoms with Gasteiger partial charge in [0, 0.05) is 18.2 Å². The third-order valence-corrected chi connectivity index (χ3v) is 3.21. The lowest BCUT2D eigenvalue weighted by atomic mass is 9.87. The summed E-state index contributed by atoms with van der Waals surface area (Å²) in [4.78, 5) is 26.9. The summed E-state index contributed by atoms with van der Waals surface area (Å²) in [6.45, 7) is 8.03. The Labute approximate surface area is 111 Å². The molecule has 8 nitrogen and oxygen atoms in total. The summed E-state index contributed by atoms with van der Waals surface area (Å²) in [5.41, 5.74) is -0.0429. The Bertz CT molecular complexity index is 477. The molecular formula is C11H19N5O3. The molecule has 0 saturated heterocycles. The average molecular weight is 269 g/mol. The van der Waals surface area contributed by atoms with Gasteiger partial charge in [-0.3, -0.25) is 4.79 Å². The van der Waals surface area contributed by atoms with E-state index in [-0.39, 0.29) is 23.9 Å². The second-order valence-electron chi connectivity index (χ2n) is 5.55. The fourth-order valence-electron chi connectivity index (χ4n) is 1.49. The van der Waals surface area contributed by atoms with Crippen LogP contribution < -0.4 is 0 Å². The number of carbonyl (C=O) groups is 1. The van der Waals surface area contributed by atoms with Gasteiger partial charge in [0.2, 0.25) is 12.2 Å². The standard InChI is InChI=1S/C11H19N5O3/c1-8(11(2,3)4)14(5)9(17)6-15-7-12-10(13-15)16(18)19/h7-8H,6H2,1-5H3. The molecule has 19 heavy (non-hydrogen) atoms. The van der Waals surface area contributed by atoms with E-state index in [0.717, 1.165) is 0 Å².